The maximum Gasteiger partial charge on any atom is 0.407 e. The molecule has 2 fully saturated rings. The van der Waals surface area contributed by atoms with E-state index in [1.807, 2.05) is 4.57 Å². The monoisotopic (exact) mass is 475 g/mol. The Balaban J connectivity index is 1.47. The molecule has 1 aromatic heterocycles. The molecule has 2 aromatic rings. The van der Waals surface area contributed by atoms with Gasteiger partial charge in [-0.15, -0.1) is 0 Å². The molecule has 2 aliphatic rings. The van der Waals surface area contributed by atoms with Gasteiger partial charge in [-0.25, -0.2) is 18.6 Å². The zero-order valence-corrected chi connectivity index (χ0v) is 19.3. The van der Waals surface area contributed by atoms with Crippen LogP contribution in [0.25, 0.3) is 0 Å². The molecule has 2 heterocycles. The minimum Gasteiger partial charge on any atom is -0.450 e. The highest BCUT2D eigenvalue weighted by atomic mass is 19.1. The maximum absolute atomic E-state index is 13.7. The molecule has 4 rings (SSSR count). The largest absolute Gasteiger partial charge is 0.450 e. The standard InChI is InChI=1S/C24H31F2N5O3/c1-2-34-24(33)29-20-5-3-4-6-22(20)30-14-21(28-15-30)23(32)31-8-7-27-13-19(31)11-16-9-17(25)12-18(26)10-16/h9-10,12,14-15,19-20,22,27H,2-8,11,13H2,1H3,(H,29,33)/t19-,20+,22+/m1/s1. The molecule has 0 radical (unpaired) electrons. The van der Waals surface area contributed by atoms with Gasteiger partial charge >= 0.3 is 6.09 Å². The minimum absolute atomic E-state index is 0.0127. The molecule has 2 N–H and O–H groups in total. The van der Waals surface area contributed by atoms with Crippen molar-refractivity contribution in [3.63, 3.8) is 0 Å². The highest BCUT2D eigenvalue weighted by molar-refractivity contribution is 5.92. The number of hydrogen-bond donors (Lipinski definition) is 2. The van der Waals surface area contributed by atoms with Gasteiger partial charge in [0, 0.05) is 37.9 Å². The first-order valence-electron chi connectivity index (χ1n) is 11.9. The number of carbonyl (C=O) groups is 2. The third kappa shape index (κ3) is 5.72. The van der Waals surface area contributed by atoms with Crippen LogP contribution in [0, 0.1) is 11.6 Å². The molecule has 1 aliphatic carbocycles. The summed E-state index contributed by atoms with van der Waals surface area (Å²) in [6.45, 7) is 3.71. The lowest BCUT2D eigenvalue weighted by Crippen LogP contribution is -2.54. The van der Waals surface area contributed by atoms with Gasteiger partial charge in [0.25, 0.3) is 5.91 Å². The van der Waals surface area contributed by atoms with Crippen LogP contribution in [0.3, 0.4) is 0 Å². The third-order valence-corrected chi connectivity index (χ3v) is 6.52. The first-order valence-corrected chi connectivity index (χ1v) is 11.9. The summed E-state index contributed by atoms with van der Waals surface area (Å²) in [6.07, 6.45) is 7.00. The van der Waals surface area contributed by atoms with E-state index >= 15 is 0 Å². The van der Waals surface area contributed by atoms with Gasteiger partial charge in [-0.2, -0.15) is 0 Å². The molecular formula is C24H31F2N5O3. The van der Waals surface area contributed by atoms with Crippen LogP contribution < -0.4 is 10.6 Å². The van der Waals surface area contributed by atoms with Gasteiger partial charge in [-0.05, 0) is 43.9 Å². The smallest absolute Gasteiger partial charge is 0.407 e. The third-order valence-electron chi connectivity index (χ3n) is 6.52. The fourth-order valence-corrected chi connectivity index (χ4v) is 4.95. The van der Waals surface area contributed by atoms with Crippen molar-refractivity contribution in [3.05, 3.63) is 53.6 Å². The van der Waals surface area contributed by atoms with Crippen LogP contribution in [0.5, 0.6) is 0 Å². The summed E-state index contributed by atoms with van der Waals surface area (Å²) in [5, 5.41) is 6.19. The lowest BCUT2D eigenvalue weighted by Gasteiger charge is -2.36. The molecule has 3 atom stereocenters. The van der Waals surface area contributed by atoms with E-state index in [0.717, 1.165) is 31.7 Å². The normalized spacial score (nSPS) is 22.9. The second-order valence-corrected chi connectivity index (χ2v) is 8.87. The zero-order valence-electron chi connectivity index (χ0n) is 19.3. The molecule has 184 valence electrons. The van der Waals surface area contributed by atoms with E-state index < -0.39 is 17.7 Å². The van der Waals surface area contributed by atoms with Gasteiger partial charge in [-0.1, -0.05) is 12.8 Å². The van der Waals surface area contributed by atoms with Gasteiger partial charge < -0.3 is 24.8 Å². The number of amides is 2. The SMILES string of the molecule is CCOC(=O)N[C@H]1CCCC[C@@H]1n1cnc(C(=O)N2CCNC[C@H]2Cc2cc(F)cc(F)c2)c1. The lowest BCUT2D eigenvalue weighted by molar-refractivity contribution is 0.0630. The number of halogens is 2. The van der Waals surface area contributed by atoms with Crippen LogP contribution in [0.2, 0.25) is 0 Å². The summed E-state index contributed by atoms with van der Waals surface area (Å²) in [5.74, 6) is -1.48. The summed E-state index contributed by atoms with van der Waals surface area (Å²) in [4.78, 5) is 31.4. The van der Waals surface area contributed by atoms with Crippen LogP contribution >= 0.6 is 0 Å². The minimum atomic E-state index is -0.631. The Morgan fingerprint density at radius 2 is 1.97 bits per heavy atom. The number of piperazine rings is 1. The average Bonchev–Trinajstić information content (AvgIpc) is 3.29. The van der Waals surface area contributed by atoms with E-state index in [4.69, 9.17) is 4.74 Å². The average molecular weight is 476 g/mol. The van der Waals surface area contributed by atoms with Crippen molar-refractivity contribution in [2.75, 3.05) is 26.2 Å². The summed E-state index contributed by atoms with van der Waals surface area (Å²) >= 11 is 0. The Labute approximate surface area is 197 Å². The van der Waals surface area contributed by atoms with Crippen LogP contribution in [0.1, 0.15) is 54.7 Å². The van der Waals surface area contributed by atoms with E-state index in [1.54, 1.807) is 24.3 Å². The van der Waals surface area contributed by atoms with Crippen molar-refractivity contribution in [2.45, 2.75) is 57.2 Å². The highest BCUT2D eigenvalue weighted by Gasteiger charge is 2.32. The number of benzene rings is 1. The second kappa shape index (κ2) is 10.9. The van der Waals surface area contributed by atoms with Gasteiger partial charge in [0.05, 0.1) is 25.0 Å². The molecule has 0 unspecified atom stereocenters. The molecule has 1 aliphatic heterocycles. The van der Waals surface area contributed by atoms with Crippen molar-refractivity contribution >= 4 is 12.0 Å². The number of hydrogen-bond acceptors (Lipinski definition) is 5. The van der Waals surface area contributed by atoms with E-state index in [9.17, 15) is 18.4 Å². The van der Waals surface area contributed by atoms with Gasteiger partial charge in [0.1, 0.15) is 17.3 Å². The molecule has 2 amide bonds. The summed E-state index contributed by atoms with van der Waals surface area (Å²) in [6, 6.07) is 3.08. The molecule has 0 spiro atoms. The Kier molecular flexibility index (Phi) is 7.77. The molecule has 8 nitrogen and oxygen atoms in total. The van der Waals surface area contributed by atoms with E-state index in [1.165, 1.54) is 12.1 Å². The molecular weight excluding hydrogens is 444 g/mol. The Morgan fingerprint density at radius 1 is 1.21 bits per heavy atom. The molecule has 10 heteroatoms. The number of aromatic nitrogens is 2. The van der Waals surface area contributed by atoms with Gasteiger partial charge in [-0.3, -0.25) is 4.79 Å². The molecule has 34 heavy (non-hydrogen) atoms. The number of ether oxygens (including phenoxy) is 1. The zero-order chi connectivity index (χ0) is 24.1. The fourth-order valence-electron chi connectivity index (χ4n) is 4.95. The van der Waals surface area contributed by atoms with E-state index in [2.05, 4.69) is 15.6 Å². The summed E-state index contributed by atoms with van der Waals surface area (Å²) in [5.41, 5.74) is 0.822. The first kappa shape index (κ1) is 24.1. The Bertz CT molecular complexity index is 994. The van der Waals surface area contributed by atoms with Gasteiger partial charge in [0.2, 0.25) is 0 Å². The predicted molar refractivity (Wildman–Crippen MR) is 121 cm³/mol. The number of alkyl carbamates (subject to hydrolysis) is 1. The van der Waals surface area contributed by atoms with Crippen LogP contribution in [0.4, 0.5) is 13.6 Å². The quantitative estimate of drug-likeness (QED) is 0.671. The predicted octanol–water partition coefficient (Wildman–Crippen LogP) is 3.05. The van der Waals surface area contributed by atoms with Crippen molar-refractivity contribution < 1.29 is 23.1 Å². The first-order chi connectivity index (χ1) is 16.4. The van der Waals surface area contributed by atoms with E-state index in [-0.39, 0.29) is 24.0 Å². The molecule has 0 bridgehead atoms. The number of rotatable bonds is 6. The van der Waals surface area contributed by atoms with Crippen LogP contribution in [-0.2, 0) is 11.2 Å². The topological polar surface area (TPSA) is 88.5 Å². The molecule has 1 saturated heterocycles. The number of nitrogens with zero attached hydrogens (tertiary/aromatic N) is 3. The number of imidazole rings is 1. The van der Waals surface area contributed by atoms with Crippen molar-refractivity contribution in [1.82, 2.24) is 25.1 Å². The van der Waals surface area contributed by atoms with Crippen LogP contribution in [-0.4, -0.2) is 64.8 Å². The Morgan fingerprint density at radius 3 is 2.74 bits per heavy atom. The number of carbonyl (C=O) groups excluding carboxylic acids is 2. The molecule has 1 aromatic carbocycles. The number of nitrogens with one attached hydrogen (secondary N) is 2. The maximum atomic E-state index is 13.7. The second-order valence-electron chi connectivity index (χ2n) is 8.87. The van der Waals surface area contributed by atoms with Gasteiger partial charge in [0.15, 0.2) is 0 Å². The van der Waals surface area contributed by atoms with Crippen molar-refractivity contribution in [1.29, 1.82) is 0 Å². The Hall–Kier alpha value is -3.01. The van der Waals surface area contributed by atoms with Crippen molar-refractivity contribution in [2.24, 2.45) is 0 Å². The van der Waals surface area contributed by atoms with E-state index in [0.29, 0.717) is 43.9 Å². The summed E-state index contributed by atoms with van der Waals surface area (Å²) in [7, 11) is 0. The molecule has 1 saturated carbocycles. The highest BCUT2D eigenvalue weighted by Crippen LogP contribution is 2.29. The van der Waals surface area contributed by atoms with Crippen molar-refractivity contribution in [3.8, 4) is 0 Å². The fraction of sp³-hybridized carbons (Fsp3) is 0.542. The summed E-state index contributed by atoms with van der Waals surface area (Å²) < 4.78 is 34.2. The lowest BCUT2D eigenvalue weighted by atomic mass is 9.90. The van der Waals surface area contributed by atoms with Crippen LogP contribution in [0.15, 0.2) is 30.7 Å².